The minimum atomic E-state index is 0.767. The molecule has 0 spiro atoms. The van der Waals surface area contributed by atoms with Crippen LogP contribution in [0.1, 0.15) is 38.5 Å². The molecule has 0 amide bonds. The van der Waals surface area contributed by atoms with Crippen molar-refractivity contribution < 1.29 is 4.74 Å². The summed E-state index contributed by atoms with van der Waals surface area (Å²) < 4.78 is 5.50. The molecule has 0 radical (unpaired) electrons. The average Bonchev–Trinajstić information content (AvgIpc) is 2.63. The molecule has 3 unspecified atom stereocenters. The van der Waals surface area contributed by atoms with E-state index in [1.165, 1.54) is 38.5 Å². The van der Waals surface area contributed by atoms with Crippen LogP contribution in [0.15, 0.2) is 0 Å². The van der Waals surface area contributed by atoms with Crippen LogP contribution in [0, 0.1) is 11.8 Å². The molecule has 1 aliphatic heterocycles. The number of ether oxygens (including phenoxy) is 1. The highest BCUT2D eigenvalue weighted by atomic mass is 16.5. The van der Waals surface area contributed by atoms with Gasteiger partial charge in [0.2, 0.25) is 0 Å². The summed E-state index contributed by atoms with van der Waals surface area (Å²) >= 11 is 0. The molecule has 1 aliphatic carbocycles. The molecule has 1 heterocycles. The normalized spacial score (nSPS) is 39.6. The zero-order valence-electron chi connectivity index (χ0n) is 9.30. The molecule has 0 aromatic carbocycles. The van der Waals surface area contributed by atoms with E-state index in [0.29, 0.717) is 0 Å². The van der Waals surface area contributed by atoms with Gasteiger partial charge >= 0.3 is 0 Å². The first kappa shape index (κ1) is 10.4. The van der Waals surface area contributed by atoms with E-state index in [1.54, 1.807) is 0 Å². The summed E-state index contributed by atoms with van der Waals surface area (Å²) in [5.74, 6) is 1.79. The Balaban J connectivity index is 1.88. The minimum Gasteiger partial charge on any atom is -0.381 e. The van der Waals surface area contributed by atoms with Crippen molar-refractivity contribution in [2.24, 2.45) is 11.8 Å². The molecule has 1 N–H and O–H groups in total. The number of rotatable bonds is 2. The molecule has 3 atom stereocenters. The fraction of sp³-hybridized carbons (Fsp3) is 1.00. The summed E-state index contributed by atoms with van der Waals surface area (Å²) in [5.41, 5.74) is 0. The van der Waals surface area contributed by atoms with Gasteiger partial charge in [0.1, 0.15) is 0 Å². The molecule has 14 heavy (non-hydrogen) atoms. The maximum absolute atomic E-state index is 5.50. The zero-order valence-corrected chi connectivity index (χ0v) is 9.30. The Hall–Kier alpha value is -0.0800. The van der Waals surface area contributed by atoms with Gasteiger partial charge in [0.25, 0.3) is 0 Å². The summed E-state index contributed by atoms with van der Waals surface area (Å²) in [6.07, 6.45) is 8.34. The van der Waals surface area contributed by atoms with Crippen LogP contribution in [0.2, 0.25) is 0 Å². The maximum atomic E-state index is 5.50. The Morgan fingerprint density at radius 1 is 1.07 bits per heavy atom. The average molecular weight is 197 g/mol. The Bertz CT molecular complexity index is 166. The third-order valence-electron chi connectivity index (χ3n) is 4.00. The maximum Gasteiger partial charge on any atom is 0.0497 e. The van der Waals surface area contributed by atoms with Crippen LogP contribution < -0.4 is 5.32 Å². The standard InChI is InChI=1S/C12H23NO/c1-13-12-5-3-2-4-10(8-12)11-6-7-14-9-11/h10-13H,2-9H2,1H3. The first-order valence-corrected chi connectivity index (χ1v) is 6.15. The van der Waals surface area contributed by atoms with E-state index in [1.807, 2.05) is 0 Å². The highest BCUT2D eigenvalue weighted by Gasteiger charge is 2.28. The van der Waals surface area contributed by atoms with Crippen LogP contribution in [-0.4, -0.2) is 26.3 Å². The Morgan fingerprint density at radius 2 is 1.93 bits per heavy atom. The first-order chi connectivity index (χ1) is 6.90. The predicted molar refractivity (Wildman–Crippen MR) is 58.3 cm³/mol. The topological polar surface area (TPSA) is 21.3 Å². The van der Waals surface area contributed by atoms with E-state index in [-0.39, 0.29) is 0 Å². The highest BCUT2D eigenvalue weighted by molar-refractivity contribution is 4.81. The molecule has 2 nitrogen and oxygen atoms in total. The Kier molecular flexibility index (Phi) is 3.82. The molecule has 1 saturated carbocycles. The third-order valence-corrected chi connectivity index (χ3v) is 4.00. The lowest BCUT2D eigenvalue weighted by molar-refractivity contribution is 0.165. The second-order valence-electron chi connectivity index (χ2n) is 4.89. The Morgan fingerprint density at radius 3 is 2.64 bits per heavy atom. The fourth-order valence-corrected chi connectivity index (χ4v) is 3.01. The summed E-state index contributed by atoms with van der Waals surface area (Å²) in [7, 11) is 2.11. The van der Waals surface area contributed by atoms with Gasteiger partial charge in [-0.05, 0) is 38.1 Å². The van der Waals surface area contributed by atoms with Crippen molar-refractivity contribution in [2.45, 2.75) is 44.6 Å². The molecule has 1 saturated heterocycles. The van der Waals surface area contributed by atoms with Crippen molar-refractivity contribution in [1.29, 1.82) is 0 Å². The fourth-order valence-electron chi connectivity index (χ4n) is 3.01. The molecule has 0 aromatic heterocycles. The zero-order chi connectivity index (χ0) is 9.80. The van der Waals surface area contributed by atoms with Gasteiger partial charge in [-0.15, -0.1) is 0 Å². The SMILES string of the molecule is CNC1CCCCC(C2CCOC2)C1. The monoisotopic (exact) mass is 197 g/mol. The summed E-state index contributed by atoms with van der Waals surface area (Å²) in [5, 5.41) is 3.46. The highest BCUT2D eigenvalue weighted by Crippen LogP contribution is 2.33. The van der Waals surface area contributed by atoms with Crippen LogP contribution in [0.5, 0.6) is 0 Å². The van der Waals surface area contributed by atoms with Gasteiger partial charge in [0.05, 0.1) is 0 Å². The molecule has 2 fully saturated rings. The largest absolute Gasteiger partial charge is 0.381 e. The minimum absolute atomic E-state index is 0.767. The van der Waals surface area contributed by atoms with Gasteiger partial charge < -0.3 is 10.1 Å². The third kappa shape index (κ3) is 2.48. The van der Waals surface area contributed by atoms with E-state index >= 15 is 0 Å². The van der Waals surface area contributed by atoms with E-state index in [2.05, 4.69) is 12.4 Å². The van der Waals surface area contributed by atoms with E-state index in [9.17, 15) is 0 Å². The van der Waals surface area contributed by atoms with Crippen molar-refractivity contribution in [3.05, 3.63) is 0 Å². The number of hydrogen-bond acceptors (Lipinski definition) is 2. The van der Waals surface area contributed by atoms with Crippen LogP contribution in [0.25, 0.3) is 0 Å². The molecule has 0 bridgehead atoms. The summed E-state index contributed by atoms with van der Waals surface area (Å²) in [4.78, 5) is 0. The van der Waals surface area contributed by atoms with Crippen LogP contribution >= 0.6 is 0 Å². The lowest BCUT2D eigenvalue weighted by atomic mass is 9.84. The van der Waals surface area contributed by atoms with E-state index in [0.717, 1.165) is 31.1 Å². The van der Waals surface area contributed by atoms with Crippen molar-refractivity contribution in [2.75, 3.05) is 20.3 Å². The molecule has 2 aliphatic rings. The van der Waals surface area contributed by atoms with Crippen molar-refractivity contribution in [3.8, 4) is 0 Å². The van der Waals surface area contributed by atoms with Gasteiger partial charge in [0, 0.05) is 19.3 Å². The Labute approximate surface area is 87.4 Å². The second kappa shape index (κ2) is 5.13. The molecular formula is C12H23NO. The van der Waals surface area contributed by atoms with Gasteiger partial charge in [-0.25, -0.2) is 0 Å². The van der Waals surface area contributed by atoms with Crippen LogP contribution in [0.3, 0.4) is 0 Å². The number of nitrogens with one attached hydrogen (secondary N) is 1. The summed E-state index contributed by atoms with van der Waals surface area (Å²) in [6.45, 7) is 2.03. The number of hydrogen-bond donors (Lipinski definition) is 1. The summed E-state index contributed by atoms with van der Waals surface area (Å²) in [6, 6.07) is 0.767. The van der Waals surface area contributed by atoms with Crippen LogP contribution in [-0.2, 0) is 4.74 Å². The van der Waals surface area contributed by atoms with Gasteiger partial charge in [0.15, 0.2) is 0 Å². The van der Waals surface area contributed by atoms with E-state index in [4.69, 9.17) is 4.74 Å². The van der Waals surface area contributed by atoms with Gasteiger partial charge in [-0.1, -0.05) is 19.3 Å². The first-order valence-electron chi connectivity index (χ1n) is 6.15. The molecule has 2 rings (SSSR count). The van der Waals surface area contributed by atoms with Crippen LogP contribution in [0.4, 0.5) is 0 Å². The molecular weight excluding hydrogens is 174 g/mol. The quantitative estimate of drug-likeness (QED) is 0.685. The second-order valence-corrected chi connectivity index (χ2v) is 4.89. The van der Waals surface area contributed by atoms with E-state index < -0.39 is 0 Å². The molecule has 0 aromatic rings. The van der Waals surface area contributed by atoms with Crippen molar-refractivity contribution >= 4 is 0 Å². The lowest BCUT2D eigenvalue weighted by Crippen LogP contribution is -2.28. The van der Waals surface area contributed by atoms with Crippen molar-refractivity contribution in [3.63, 3.8) is 0 Å². The predicted octanol–water partition coefficient (Wildman–Crippen LogP) is 2.19. The van der Waals surface area contributed by atoms with Crippen molar-refractivity contribution in [1.82, 2.24) is 5.32 Å². The van der Waals surface area contributed by atoms with Gasteiger partial charge in [-0.3, -0.25) is 0 Å². The smallest absolute Gasteiger partial charge is 0.0497 e. The van der Waals surface area contributed by atoms with Gasteiger partial charge in [-0.2, -0.15) is 0 Å². The lowest BCUT2D eigenvalue weighted by Gasteiger charge is -2.23. The molecule has 82 valence electrons. The molecule has 2 heteroatoms.